The minimum absolute atomic E-state index is 0.143. The molecule has 3 aromatic carbocycles. The van der Waals surface area contributed by atoms with E-state index in [2.05, 4.69) is 5.32 Å². The maximum Gasteiger partial charge on any atom is 0.335 e. The first-order chi connectivity index (χ1) is 11.0. The van der Waals surface area contributed by atoms with Crippen molar-refractivity contribution < 1.29 is 14.7 Å². The lowest BCUT2D eigenvalue weighted by molar-refractivity contribution is 0.0696. The van der Waals surface area contributed by atoms with E-state index < -0.39 is 5.97 Å². The number of carbonyl (C=O) groups excluding carboxylic acids is 1. The molecule has 3 rings (SSSR count). The van der Waals surface area contributed by atoms with Gasteiger partial charge in [-0.25, -0.2) is 4.79 Å². The van der Waals surface area contributed by atoms with Gasteiger partial charge in [0.05, 0.1) is 5.56 Å². The first-order valence-corrected chi connectivity index (χ1v) is 7.19. The highest BCUT2D eigenvalue weighted by atomic mass is 16.4. The van der Waals surface area contributed by atoms with Crippen LogP contribution in [-0.4, -0.2) is 17.0 Å². The summed E-state index contributed by atoms with van der Waals surface area (Å²) in [4.78, 5) is 23.5. The predicted molar refractivity (Wildman–Crippen MR) is 90.0 cm³/mol. The molecule has 0 aliphatic heterocycles. The molecular weight excluding hydrogens is 290 g/mol. The van der Waals surface area contributed by atoms with Crippen LogP contribution in [0.2, 0.25) is 0 Å². The molecule has 0 bridgehead atoms. The number of carboxylic acids is 1. The van der Waals surface area contributed by atoms with Gasteiger partial charge in [-0.1, -0.05) is 36.4 Å². The quantitative estimate of drug-likeness (QED) is 0.765. The van der Waals surface area contributed by atoms with E-state index in [4.69, 9.17) is 5.11 Å². The van der Waals surface area contributed by atoms with Crippen LogP contribution in [-0.2, 0) is 0 Å². The molecule has 0 saturated carbocycles. The minimum atomic E-state index is -1.02. The Hall–Kier alpha value is -3.14. The van der Waals surface area contributed by atoms with Crippen LogP contribution < -0.4 is 5.32 Å². The molecule has 4 nitrogen and oxygen atoms in total. The number of benzene rings is 3. The van der Waals surface area contributed by atoms with Gasteiger partial charge in [-0.05, 0) is 47.5 Å². The Kier molecular flexibility index (Phi) is 3.81. The fourth-order valence-electron chi connectivity index (χ4n) is 2.41. The van der Waals surface area contributed by atoms with Gasteiger partial charge in [0, 0.05) is 11.3 Å². The average Bonchev–Trinajstić information content (AvgIpc) is 2.56. The Morgan fingerprint density at radius 3 is 2.30 bits per heavy atom. The van der Waals surface area contributed by atoms with Crippen LogP contribution in [0.3, 0.4) is 0 Å². The molecule has 0 radical (unpaired) electrons. The van der Waals surface area contributed by atoms with Crippen LogP contribution in [0.5, 0.6) is 0 Å². The fraction of sp³-hybridized carbons (Fsp3) is 0.0526. The van der Waals surface area contributed by atoms with Crippen molar-refractivity contribution in [2.24, 2.45) is 0 Å². The van der Waals surface area contributed by atoms with Crippen molar-refractivity contribution >= 4 is 28.3 Å². The first kappa shape index (κ1) is 14.8. The molecule has 114 valence electrons. The van der Waals surface area contributed by atoms with Gasteiger partial charge in [-0.15, -0.1) is 0 Å². The largest absolute Gasteiger partial charge is 0.478 e. The lowest BCUT2D eigenvalue weighted by atomic mass is 10.1. The van der Waals surface area contributed by atoms with Gasteiger partial charge in [-0.2, -0.15) is 0 Å². The van der Waals surface area contributed by atoms with E-state index in [0.29, 0.717) is 11.3 Å². The zero-order chi connectivity index (χ0) is 16.4. The van der Waals surface area contributed by atoms with E-state index in [-0.39, 0.29) is 11.5 Å². The van der Waals surface area contributed by atoms with Gasteiger partial charge in [0.15, 0.2) is 0 Å². The maximum absolute atomic E-state index is 12.4. The molecule has 0 unspecified atom stereocenters. The standard InChI is InChI=1S/C19H15NO3/c1-12-6-7-16(19(22)23)11-17(12)20-18(21)15-9-8-13-4-2-3-5-14(13)10-15/h2-11H,1H3,(H,20,21)(H,22,23). The summed E-state index contributed by atoms with van der Waals surface area (Å²) in [5.41, 5.74) is 1.99. The summed E-state index contributed by atoms with van der Waals surface area (Å²) in [5, 5.41) is 13.9. The number of nitrogens with one attached hydrogen (secondary N) is 1. The van der Waals surface area contributed by atoms with Gasteiger partial charge in [0.25, 0.3) is 5.91 Å². The van der Waals surface area contributed by atoms with Crippen LogP contribution >= 0.6 is 0 Å². The molecule has 0 heterocycles. The Morgan fingerprint density at radius 2 is 1.57 bits per heavy atom. The Morgan fingerprint density at radius 1 is 0.870 bits per heavy atom. The van der Waals surface area contributed by atoms with Gasteiger partial charge >= 0.3 is 5.97 Å². The van der Waals surface area contributed by atoms with Crippen molar-refractivity contribution in [3.05, 3.63) is 77.4 Å². The summed E-state index contributed by atoms with van der Waals surface area (Å²) in [6.07, 6.45) is 0. The van der Waals surface area contributed by atoms with Crippen molar-refractivity contribution in [1.29, 1.82) is 0 Å². The number of rotatable bonds is 3. The van der Waals surface area contributed by atoms with Gasteiger partial charge in [0.2, 0.25) is 0 Å². The highest BCUT2D eigenvalue weighted by Crippen LogP contribution is 2.20. The SMILES string of the molecule is Cc1ccc(C(=O)O)cc1NC(=O)c1ccc2ccccc2c1. The van der Waals surface area contributed by atoms with Crippen LogP contribution in [0, 0.1) is 6.92 Å². The topological polar surface area (TPSA) is 66.4 Å². The van der Waals surface area contributed by atoms with E-state index in [1.165, 1.54) is 12.1 Å². The predicted octanol–water partition coefficient (Wildman–Crippen LogP) is 4.10. The molecule has 0 saturated heterocycles. The number of carbonyl (C=O) groups is 2. The second-order valence-corrected chi connectivity index (χ2v) is 5.35. The number of fused-ring (bicyclic) bond motifs is 1. The molecule has 0 aliphatic rings. The zero-order valence-corrected chi connectivity index (χ0v) is 12.5. The third kappa shape index (κ3) is 3.06. The number of hydrogen-bond donors (Lipinski definition) is 2. The number of anilines is 1. The minimum Gasteiger partial charge on any atom is -0.478 e. The van der Waals surface area contributed by atoms with E-state index in [9.17, 15) is 9.59 Å². The third-order valence-corrected chi connectivity index (χ3v) is 3.74. The highest BCUT2D eigenvalue weighted by Gasteiger charge is 2.11. The first-order valence-electron chi connectivity index (χ1n) is 7.19. The van der Waals surface area contributed by atoms with E-state index >= 15 is 0 Å². The molecule has 2 N–H and O–H groups in total. The van der Waals surface area contributed by atoms with E-state index in [0.717, 1.165) is 16.3 Å². The lowest BCUT2D eigenvalue weighted by Crippen LogP contribution is -2.13. The van der Waals surface area contributed by atoms with Gasteiger partial charge in [-0.3, -0.25) is 4.79 Å². The summed E-state index contributed by atoms with van der Waals surface area (Å²) in [5.74, 6) is -1.28. The van der Waals surface area contributed by atoms with Crippen LogP contribution in [0.15, 0.2) is 60.7 Å². The third-order valence-electron chi connectivity index (χ3n) is 3.74. The Labute approximate surface area is 133 Å². The number of carboxylic acid groups (broad SMARTS) is 1. The molecule has 23 heavy (non-hydrogen) atoms. The van der Waals surface area contributed by atoms with Crippen LogP contribution in [0.4, 0.5) is 5.69 Å². The van der Waals surface area contributed by atoms with Crippen molar-refractivity contribution in [3.8, 4) is 0 Å². The lowest BCUT2D eigenvalue weighted by Gasteiger charge is -2.10. The Bertz CT molecular complexity index is 915. The summed E-state index contributed by atoms with van der Waals surface area (Å²) < 4.78 is 0. The molecule has 3 aromatic rings. The zero-order valence-electron chi connectivity index (χ0n) is 12.5. The van der Waals surface area contributed by atoms with Gasteiger partial charge < -0.3 is 10.4 Å². The maximum atomic E-state index is 12.4. The second-order valence-electron chi connectivity index (χ2n) is 5.35. The number of hydrogen-bond acceptors (Lipinski definition) is 2. The molecule has 0 aliphatic carbocycles. The summed E-state index contributed by atoms with van der Waals surface area (Å²) >= 11 is 0. The van der Waals surface area contributed by atoms with E-state index in [1.54, 1.807) is 12.1 Å². The van der Waals surface area contributed by atoms with Crippen molar-refractivity contribution in [2.75, 3.05) is 5.32 Å². The normalized spacial score (nSPS) is 10.5. The van der Waals surface area contributed by atoms with Crippen molar-refractivity contribution in [1.82, 2.24) is 0 Å². The number of aryl methyl sites for hydroxylation is 1. The van der Waals surface area contributed by atoms with Crippen molar-refractivity contribution in [2.45, 2.75) is 6.92 Å². The summed E-state index contributed by atoms with van der Waals surface area (Å²) in [6.45, 7) is 1.82. The fourth-order valence-corrected chi connectivity index (χ4v) is 2.41. The molecule has 0 atom stereocenters. The highest BCUT2D eigenvalue weighted by molar-refractivity contribution is 6.07. The molecule has 0 aromatic heterocycles. The van der Waals surface area contributed by atoms with Crippen LogP contribution in [0.1, 0.15) is 26.3 Å². The summed E-state index contributed by atoms with van der Waals surface area (Å²) in [7, 11) is 0. The van der Waals surface area contributed by atoms with Gasteiger partial charge in [0.1, 0.15) is 0 Å². The molecular formula is C19H15NO3. The second kappa shape index (κ2) is 5.93. The molecule has 1 amide bonds. The monoisotopic (exact) mass is 305 g/mol. The smallest absolute Gasteiger partial charge is 0.335 e. The molecule has 0 fully saturated rings. The molecule has 4 heteroatoms. The summed E-state index contributed by atoms with van der Waals surface area (Å²) in [6, 6.07) is 17.9. The number of amides is 1. The Balaban J connectivity index is 1.91. The molecule has 0 spiro atoms. The van der Waals surface area contributed by atoms with Crippen molar-refractivity contribution in [3.63, 3.8) is 0 Å². The van der Waals surface area contributed by atoms with Crippen LogP contribution in [0.25, 0.3) is 10.8 Å². The van der Waals surface area contributed by atoms with E-state index in [1.807, 2.05) is 43.3 Å². The average molecular weight is 305 g/mol. The number of aromatic carboxylic acids is 1.